The fourth-order valence-electron chi connectivity index (χ4n) is 6.06. The van der Waals surface area contributed by atoms with Gasteiger partial charge in [-0.1, -0.05) is 6.07 Å². The standard InChI is InChI=1S/C37H38O19/c1-50-21-10-15(2-8-19(21)41)3-9-25(43)55-35-31(48)28(45)24(14-39)54-37(35)51-18-11-20(42)26-22(12-18)52-33(16-4-6-17(40)7-5-16)34(29(26)46)56-36-32(49)30(47)27(44)23(13-38)53-36/h2-12,23-24,27-28,30-32,35-42,44-45,47-49H,13-14H2,1H3/b9-3+/t23-,24-,27-,28-,30+,31+,32-,35-,36+,37-/m1/s1. The molecule has 0 unspecified atom stereocenters. The van der Waals surface area contributed by atoms with Crippen molar-refractivity contribution in [2.45, 2.75) is 61.4 Å². The SMILES string of the molecule is COc1cc(/C=C/C(=O)O[C@H]2[C@H](Oc3cc(O)c4c(=O)c(O[C@@H]5O[C@H](CO)[C@@H](O)[C@H](O)[C@H]5O)c(-c5ccc(O)cc5)oc4c3)O[C@H](CO)[C@@H](O)[C@@H]2O)ccc1O. The molecule has 0 spiro atoms. The number of carbonyl (C=O) groups is 1. The summed E-state index contributed by atoms with van der Waals surface area (Å²) in [6.07, 6.45) is -15.0. The average molecular weight is 787 g/mol. The minimum Gasteiger partial charge on any atom is -0.508 e. The highest BCUT2D eigenvalue weighted by Gasteiger charge is 2.48. The van der Waals surface area contributed by atoms with Crippen LogP contribution in [0.3, 0.4) is 0 Å². The zero-order valence-corrected chi connectivity index (χ0v) is 29.2. The molecule has 2 aliphatic heterocycles. The molecule has 3 aromatic carbocycles. The van der Waals surface area contributed by atoms with Crippen LogP contribution in [0.2, 0.25) is 0 Å². The normalized spacial score (nSPS) is 27.9. The third-order valence-electron chi connectivity index (χ3n) is 9.06. The fourth-order valence-corrected chi connectivity index (χ4v) is 6.06. The summed E-state index contributed by atoms with van der Waals surface area (Å²) in [5.41, 5.74) is -0.832. The zero-order chi connectivity index (χ0) is 40.4. The van der Waals surface area contributed by atoms with Crippen LogP contribution in [-0.2, 0) is 19.0 Å². The summed E-state index contributed by atoms with van der Waals surface area (Å²) in [6, 6.07) is 11.5. The fraction of sp³-hybridized carbons (Fsp3) is 0.351. The molecule has 0 amide bonds. The number of aliphatic hydroxyl groups excluding tert-OH is 7. The van der Waals surface area contributed by atoms with E-state index in [1.165, 1.54) is 55.7 Å². The van der Waals surface area contributed by atoms with Gasteiger partial charge in [0, 0.05) is 23.8 Å². The molecule has 0 bridgehead atoms. The Labute approximate surface area is 315 Å². The van der Waals surface area contributed by atoms with Crippen molar-refractivity contribution in [3.05, 3.63) is 76.5 Å². The lowest BCUT2D eigenvalue weighted by atomic mass is 9.99. The Morgan fingerprint density at radius 1 is 0.768 bits per heavy atom. The number of hydrogen-bond donors (Lipinski definition) is 10. The summed E-state index contributed by atoms with van der Waals surface area (Å²) in [6.45, 7) is -1.59. The third kappa shape index (κ3) is 8.07. The summed E-state index contributed by atoms with van der Waals surface area (Å²) in [5.74, 6) is -3.26. The van der Waals surface area contributed by atoms with E-state index in [9.17, 15) is 60.7 Å². The van der Waals surface area contributed by atoms with Gasteiger partial charge in [0.2, 0.25) is 23.8 Å². The number of phenols is 3. The molecule has 10 N–H and O–H groups in total. The molecule has 10 atom stereocenters. The van der Waals surface area contributed by atoms with Gasteiger partial charge in [-0.15, -0.1) is 0 Å². The van der Waals surface area contributed by atoms with Crippen molar-refractivity contribution >= 4 is 23.0 Å². The first-order valence-corrected chi connectivity index (χ1v) is 16.9. The van der Waals surface area contributed by atoms with Crippen molar-refractivity contribution in [1.82, 2.24) is 0 Å². The van der Waals surface area contributed by atoms with E-state index < -0.39 is 103 Å². The summed E-state index contributed by atoms with van der Waals surface area (Å²) < 4.78 is 39.1. The Kier molecular flexibility index (Phi) is 12.0. The van der Waals surface area contributed by atoms with E-state index in [4.69, 9.17) is 32.8 Å². The molecule has 0 aliphatic carbocycles. The molecule has 19 nitrogen and oxygen atoms in total. The maximum Gasteiger partial charge on any atom is 0.331 e. The van der Waals surface area contributed by atoms with Crippen LogP contribution in [-0.4, -0.2) is 139 Å². The number of benzene rings is 3. The molecule has 3 heterocycles. The highest BCUT2D eigenvalue weighted by Crippen LogP contribution is 2.39. The van der Waals surface area contributed by atoms with E-state index in [1.807, 2.05) is 0 Å². The molecule has 0 radical (unpaired) electrons. The maximum atomic E-state index is 14.0. The first-order valence-electron chi connectivity index (χ1n) is 16.9. The molecule has 2 saturated heterocycles. The second-order valence-electron chi connectivity index (χ2n) is 12.8. The predicted molar refractivity (Wildman–Crippen MR) is 188 cm³/mol. The smallest absolute Gasteiger partial charge is 0.331 e. The van der Waals surface area contributed by atoms with Gasteiger partial charge in [-0.3, -0.25) is 4.79 Å². The van der Waals surface area contributed by atoms with Crippen molar-refractivity contribution in [3.63, 3.8) is 0 Å². The molecule has 2 fully saturated rings. The summed E-state index contributed by atoms with van der Waals surface area (Å²) in [4.78, 5) is 26.9. The Bertz CT molecular complexity index is 2110. The van der Waals surface area contributed by atoms with E-state index >= 15 is 0 Å². The molecule has 6 rings (SSSR count). The van der Waals surface area contributed by atoms with E-state index in [1.54, 1.807) is 0 Å². The number of carbonyl (C=O) groups excluding carboxylic acids is 1. The number of aliphatic hydroxyl groups is 7. The highest BCUT2D eigenvalue weighted by molar-refractivity contribution is 5.89. The molecule has 19 heteroatoms. The minimum absolute atomic E-state index is 0.122. The Morgan fingerprint density at radius 3 is 2.09 bits per heavy atom. The first kappa shape index (κ1) is 40.2. The molecular formula is C37H38O19. The van der Waals surface area contributed by atoms with Gasteiger partial charge >= 0.3 is 5.97 Å². The van der Waals surface area contributed by atoms with E-state index in [-0.39, 0.29) is 39.9 Å². The molecule has 2 aliphatic rings. The lowest BCUT2D eigenvalue weighted by Crippen LogP contribution is -2.61. The van der Waals surface area contributed by atoms with Crippen LogP contribution < -0.4 is 19.6 Å². The number of rotatable bonds is 11. The van der Waals surface area contributed by atoms with Crippen LogP contribution in [0.1, 0.15) is 5.56 Å². The number of fused-ring (bicyclic) bond motifs is 1. The maximum absolute atomic E-state index is 14.0. The van der Waals surface area contributed by atoms with Crippen molar-refractivity contribution in [3.8, 4) is 45.8 Å². The number of methoxy groups -OCH3 is 1. The molecule has 0 saturated carbocycles. The van der Waals surface area contributed by atoms with Gasteiger partial charge in [0.05, 0.1) is 20.3 Å². The van der Waals surface area contributed by atoms with Crippen molar-refractivity contribution in [2.24, 2.45) is 0 Å². The van der Waals surface area contributed by atoms with Gasteiger partial charge in [0.25, 0.3) is 0 Å². The van der Waals surface area contributed by atoms with Crippen LogP contribution in [0.4, 0.5) is 0 Å². The molecule has 1 aromatic heterocycles. The number of esters is 1. The average Bonchev–Trinajstić information content (AvgIpc) is 3.18. The number of hydrogen-bond acceptors (Lipinski definition) is 19. The van der Waals surface area contributed by atoms with Crippen molar-refractivity contribution in [2.75, 3.05) is 20.3 Å². The lowest BCUT2D eigenvalue weighted by molar-refractivity contribution is -0.281. The largest absolute Gasteiger partial charge is 0.508 e. The van der Waals surface area contributed by atoms with Crippen LogP contribution in [0, 0.1) is 0 Å². The third-order valence-corrected chi connectivity index (χ3v) is 9.06. The number of ether oxygens (including phenoxy) is 6. The van der Waals surface area contributed by atoms with Crippen LogP contribution in [0.15, 0.2) is 69.9 Å². The van der Waals surface area contributed by atoms with Crippen molar-refractivity contribution < 1.29 is 88.7 Å². The Hall–Kier alpha value is -5.48. The summed E-state index contributed by atoms with van der Waals surface area (Å²) in [7, 11) is 1.34. The van der Waals surface area contributed by atoms with Gasteiger partial charge in [-0.05, 0) is 48.0 Å². The molecule has 4 aromatic rings. The van der Waals surface area contributed by atoms with Gasteiger partial charge < -0.3 is 83.9 Å². The van der Waals surface area contributed by atoms with Crippen LogP contribution in [0.25, 0.3) is 28.4 Å². The van der Waals surface area contributed by atoms with Gasteiger partial charge in [0.1, 0.15) is 70.9 Å². The molecular weight excluding hydrogens is 748 g/mol. The van der Waals surface area contributed by atoms with Crippen LogP contribution >= 0.6 is 0 Å². The number of phenolic OH excluding ortho intramolecular Hbond substituents is 3. The van der Waals surface area contributed by atoms with E-state index in [2.05, 4.69) is 0 Å². The topological polar surface area (TPSA) is 305 Å². The van der Waals surface area contributed by atoms with Gasteiger partial charge in [-0.2, -0.15) is 0 Å². The molecule has 300 valence electrons. The minimum atomic E-state index is -1.93. The van der Waals surface area contributed by atoms with Crippen molar-refractivity contribution in [1.29, 1.82) is 0 Å². The van der Waals surface area contributed by atoms with E-state index in [0.29, 0.717) is 5.56 Å². The van der Waals surface area contributed by atoms with Crippen LogP contribution in [0.5, 0.6) is 34.5 Å². The van der Waals surface area contributed by atoms with Gasteiger partial charge in [-0.25, -0.2) is 4.79 Å². The monoisotopic (exact) mass is 786 g/mol. The summed E-state index contributed by atoms with van der Waals surface area (Å²) in [5, 5.41) is 102. The summed E-state index contributed by atoms with van der Waals surface area (Å²) >= 11 is 0. The second kappa shape index (κ2) is 16.7. The predicted octanol–water partition coefficient (Wildman–Crippen LogP) is -0.793. The number of aromatic hydroxyl groups is 3. The Balaban J connectivity index is 1.34. The Morgan fingerprint density at radius 2 is 1.43 bits per heavy atom. The van der Waals surface area contributed by atoms with Gasteiger partial charge in [0.15, 0.2) is 23.4 Å². The quantitative estimate of drug-likeness (QED) is 0.0658. The molecule has 56 heavy (non-hydrogen) atoms. The zero-order valence-electron chi connectivity index (χ0n) is 29.2. The highest BCUT2D eigenvalue weighted by atomic mass is 16.7. The first-order chi connectivity index (χ1) is 26.7. The van der Waals surface area contributed by atoms with E-state index in [0.717, 1.165) is 18.2 Å². The lowest BCUT2D eigenvalue weighted by Gasteiger charge is -2.41. The second-order valence-corrected chi connectivity index (χ2v) is 12.8.